The summed E-state index contributed by atoms with van der Waals surface area (Å²) in [6.07, 6.45) is 2.22. The van der Waals surface area contributed by atoms with E-state index in [-0.39, 0.29) is 23.8 Å². The van der Waals surface area contributed by atoms with Crippen molar-refractivity contribution >= 4 is 29.2 Å². The second-order valence-electron chi connectivity index (χ2n) is 9.98. The van der Waals surface area contributed by atoms with Crippen molar-refractivity contribution in [3.05, 3.63) is 40.2 Å². The highest BCUT2D eigenvalue weighted by molar-refractivity contribution is 7.09. The predicted molar refractivity (Wildman–Crippen MR) is 124 cm³/mol. The molecule has 1 saturated heterocycles. The Labute approximate surface area is 192 Å². The zero-order valence-electron chi connectivity index (χ0n) is 19.0. The molecule has 2 heterocycles. The molecule has 1 aromatic heterocycles. The van der Waals surface area contributed by atoms with Crippen molar-refractivity contribution in [1.82, 2.24) is 20.5 Å². The minimum atomic E-state index is -0.887. The summed E-state index contributed by atoms with van der Waals surface area (Å²) in [5, 5.41) is 8.77. The number of carbonyl (C=O) groups excluding carboxylic acids is 3. The van der Waals surface area contributed by atoms with Crippen molar-refractivity contribution in [3.63, 3.8) is 0 Å². The summed E-state index contributed by atoms with van der Waals surface area (Å²) in [5.74, 6) is -0.305. The number of amides is 4. The maximum Gasteiger partial charge on any atom is 0.325 e. The van der Waals surface area contributed by atoms with Crippen LogP contribution in [0, 0.1) is 18.3 Å². The monoisotopic (exact) mass is 454 g/mol. The van der Waals surface area contributed by atoms with Gasteiger partial charge in [-0.1, -0.05) is 45.0 Å². The fourth-order valence-corrected chi connectivity index (χ4v) is 5.96. The van der Waals surface area contributed by atoms with E-state index in [2.05, 4.69) is 36.4 Å². The first-order valence-corrected chi connectivity index (χ1v) is 11.9. The first-order valence-electron chi connectivity index (χ1n) is 11.0. The fraction of sp³-hybridized carbons (Fsp3) is 0.500. The molecule has 1 aliphatic carbocycles. The SMILES string of the molecule is Cc1nc(-c2ccc(CNC(=O)CN3C(=O)NC4(CC(C)CC(C)(C)C4)C3=O)cc2)cs1. The average Bonchev–Trinajstić information content (AvgIpc) is 3.22. The molecule has 2 N–H and O–H groups in total. The molecule has 2 aliphatic rings. The lowest BCUT2D eigenvalue weighted by Crippen LogP contribution is -2.54. The molecule has 4 amide bonds. The molecule has 7 nitrogen and oxygen atoms in total. The molecule has 2 aromatic rings. The average molecular weight is 455 g/mol. The third kappa shape index (κ3) is 4.55. The fourth-order valence-electron chi connectivity index (χ4n) is 5.34. The number of carbonyl (C=O) groups is 3. The third-order valence-corrected chi connectivity index (χ3v) is 7.06. The number of nitrogens with one attached hydrogen (secondary N) is 2. The number of hydrogen-bond donors (Lipinski definition) is 2. The number of benzene rings is 1. The Balaban J connectivity index is 1.35. The number of aromatic nitrogens is 1. The lowest BCUT2D eigenvalue weighted by molar-refractivity contribution is -0.137. The maximum absolute atomic E-state index is 13.2. The summed E-state index contributed by atoms with van der Waals surface area (Å²) in [6.45, 7) is 8.39. The summed E-state index contributed by atoms with van der Waals surface area (Å²) in [7, 11) is 0. The van der Waals surface area contributed by atoms with Crippen molar-refractivity contribution in [2.45, 2.75) is 59.0 Å². The Morgan fingerprint density at radius 3 is 2.59 bits per heavy atom. The minimum Gasteiger partial charge on any atom is -0.350 e. The van der Waals surface area contributed by atoms with Crippen LogP contribution in [0.5, 0.6) is 0 Å². The predicted octanol–water partition coefficient (Wildman–Crippen LogP) is 3.87. The van der Waals surface area contributed by atoms with E-state index in [1.165, 1.54) is 0 Å². The van der Waals surface area contributed by atoms with Gasteiger partial charge >= 0.3 is 6.03 Å². The van der Waals surface area contributed by atoms with Gasteiger partial charge in [0.05, 0.1) is 10.7 Å². The first-order chi connectivity index (χ1) is 15.1. The highest BCUT2D eigenvalue weighted by Gasteiger charge is 2.56. The third-order valence-electron chi connectivity index (χ3n) is 6.28. The molecule has 32 heavy (non-hydrogen) atoms. The lowest BCUT2D eigenvalue weighted by atomic mass is 9.64. The first kappa shape index (κ1) is 22.5. The van der Waals surface area contributed by atoms with Gasteiger partial charge in [0.2, 0.25) is 5.91 Å². The summed E-state index contributed by atoms with van der Waals surface area (Å²) in [5.41, 5.74) is 1.98. The number of rotatable bonds is 5. The van der Waals surface area contributed by atoms with Gasteiger partial charge in [-0.15, -0.1) is 11.3 Å². The van der Waals surface area contributed by atoms with E-state index >= 15 is 0 Å². The van der Waals surface area contributed by atoms with Crippen LogP contribution in [-0.2, 0) is 16.1 Å². The van der Waals surface area contributed by atoms with E-state index in [0.717, 1.165) is 33.1 Å². The van der Waals surface area contributed by atoms with E-state index in [9.17, 15) is 14.4 Å². The molecule has 1 aromatic carbocycles. The van der Waals surface area contributed by atoms with Gasteiger partial charge in [0, 0.05) is 17.5 Å². The number of urea groups is 1. The Morgan fingerprint density at radius 2 is 1.97 bits per heavy atom. The van der Waals surface area contributed by atoms with E-state index in [1.807, 2.05) is 36.6 Å². The highest BCUT2D eigenvalue weighted by atomic mass is 32.1. The largest absolute Gasteiger partial charge is 0.350 e. The van der Waals surface area contributed by atoms with Gasteiger partial charge in [-0.05, 0) is 43.1 Å². The zero-order chi connectivity index (χ0) is 23.1. The molecule has 2 fully saturated rings. The topological polar surface area (TPSA) is 91.4 Å². The van der Waals surface area contributed by atoms with E-state index in [1.54, 1.807) is 11.3 Å². The molecule has 1 spiro atoms. The Kier molecular flexibility index (Phi) is 5.83. The van der Waals surface area contributed by atoms with Crippen LogP contribution in [-0.4, -0.2) is 39.8 Å². The summed E-state index contributed by atoms with van der Waals surface area (Å²) < 4.78 is 0. The second kappa shape index (κ2) is 8.31. The van der Waals surface area contributed by atoms with Crippen LogP contribution in [0.4, 0.5) is 4.79 Å². The van der Waals surface area contributed by atoms with Gasteiger partial charge in [0.15, 0.2) is 0 Å². The van der Waals surface area contributed by atoms with Crippen molar-refractivity contribution in [2.24, 2.45) is 11.3 Å². The second-order valence-corrected chi connectivity index (χ2v) is 11.0. The van der Waals surface area contributed by atoms with Crippen LogP contribution in [0.15, 0.2) is 29.6 Å². The van der Waals surface area contributed by atoms with Crippen molar-refractivity contribution < 1.29 is 14.4 Å². The number of aryl methyl sites for hydroxylation is 1. The zero-order valence-corrected chi connectivity index (χ0v) is 19.8. The van der Waals surface area contributed by atoms with E-state index in [4.69, 9.17) is 0 Å². The normalized spacial score (nSPS) is 24.6. The number of thiazole rings is 1. The van der Waals surface area contributed by atoms with Crippen molar-refractivity contribution in [1.29, 1.82) is 0 Å². The quantitative estimate of drug-likeness (QED) is 0.671. The maximum atomic E-state index is 13.2. The summed E-state index contributed by atoms with van der Waals surface area (Å²) >= 11 is 1.61. The molecule has 170 valence electrons. The minimum absolute atomic E-state index is 0.0394. The molecular weight excluding hydrogens is 424 g/mol. The van der Waals surface area contributed by atoms with Crippen LogP contribution in [0.3, 0.4) is 0 Å². The number of nitrogens with zero attached hydrogens (tertiary/aromatic N) is 2. The molecule has 0 radical (unpaired) electrons. The molecule has 4 rings (SSSR count). The van der Waals surface area contributed by atoms with E-state index in [0.29, 0.717) is 25.3 Å². The highest BCUT2D eigenvalue weighted by Crippen LogP contribution is 2.46. The Hall–Kier alpha value is -2.74. The molecular formula is C24H30N4O3S. The Bertz CT molecular complexity index is 1050. The number of hydrogen-bond acceptors (Lipinski definition) is 5. The van der Waals surface area contributed by atoms with Crippen LogP contribution in [0.2, 0.25) is 0 Å². The van der Waals surface area contributed by atoms with Crippen LogP contribution < -0.4 is 10.6 Å². The smallest absolute Gasteiger partial charge is 0.325 e. The van der Waals surface area contributed by atoms with E-state index < -0.39 is 11.6 Å². The Morgan fingerprint density at radius 1 is 1.25 bits per heavy atom. The van der Waals surface area contributed by atoms with Gasteiger partial charge in [-0.25, -0.2) is 9.78 Å². The molecule has 1 aliphatic heterocycles. The number of imide groups is 1. The van der Waals surface area contributed by atoms with Gasteiger partial charge in [0.25, 0.3) is 5.91 Å². The van der Waals surface area contributed by atoms with Crippen molar-refractivity contribution in [3.8, 4) is 11.3 Å². The van der Waals surface area contributed by atoms with Crippen LogP contribution >= 0.6 is 11.3 Å². The van der Waals surface area contributed by atoms with Crippen LogP contribution in [0.25, 0.3) is 11.3 Å². The van der Waals surface area contributed by atoms with Gasteiger partial charge in [-0.3, -0.25) is 14.5 Å². The molecule has 2 atom stereocenters. The lowest BCUT2D eigenvalue weighted by Gasteiger charge is -2.43. The standard InChI is InChI=1S/C24H30N4O3S/c1-15-9-23(3,4)14-24(10-15)21(30)28(22(31)27-24)12-20(29)25-11-17-5-7-18(8-6-17)19-13-32-16(2)26-19/h5-8,13,15H,9-12,14H2,1-4H3,(H,25,29)(H,27,31). The summed E-state index contributed by atoms with van der Waals surface area (Å²) in [4.78, 5) is 43.8. The molecule has 0 bridgehead atoms. The molecule has 1 saturated carbocycles. The van der Waals surface area contributed by atoms with Gasteiger partial charge in [0.1, 0.15) is 12.1 Å². The van der Waals surface area contributed by atoms with Gasteiger partial charge in [-0.2, -0.15) is 0 Å². The van der Waals surface area contributed by atoms with Crippen LogP contribution in [0.1, 0.15) is 50.6 Å². The summed E-state index contributed by atoms with van der Waals surface area (Å²) in [6, 6.07) is 7.36. The van der Waals surface area contributed by atoms with Gasteiger partial charge < -0.3 is 10.6 Å². The molecule has 2 unspecified atom stereocenters. The van der Waals surface area contributed by atoms with Crippen molar-refractivity contribution in [2.75, 3.05) is 6.54 Å². The molecule has 8 heteroatoms.